The number of nitrogens with zero attached hydrogens (tertiary/aromatic N) is 3. The first kappa shape index (κ1) is 27.9. The number of amides is 1. The van der Waals surface area contributed by atoms with Crippen LogP contribution >= 0.6 is 0 Å². The van der Waals surface area contributed by atoms with Crippen molar-refractivity contribution in [3.8, 4) is 0 Å². The van der Waals surface area contributed by atoms with Crippen LogP contribution in [0.4, 0.5) is 5.69 Å². The number of allylic oxidation sites excluding steroid dienone is 2. The summed E-state index contributed by atoms with van der Waals surface area (Å²) in [7, 11) is 1.24. The number of rotatable bonds is 9. The third-order valence-corrected chi connectivity index (χ3v) is 6.60. The van der Waals surface area contributed by atoms with Crippen LogP contribution in [0.1, 0.15) is 39.2 Å². The standard InChI is InChI=1S/C26H34N4O7/c1-17-21(24(32)36-5)23(19-7-6-8-20(13-19)30(34)35)22(18(2)27-17)25(33)37-15-26(3,4)14-28-9-11-29(16-31)12-10-28/h6-8,13,16,23,27H,9-12,14-15H2,1-5H3. The van der Waals surface area contributed by atoms with Gasteiger partial charge in [-0.05, 0) is 19.4 Å². The van der Waals surface area contributed by atoms with Crippen LogP contribution in [0.3, 0.4) is 0 Å². The number of nitro groups is 1. The Morgan fingerprint density at radius 2 is 1.76 bits per heavy atom. The molecule has 1 unspecified atom stereocenters. The molecular weight excluding hydrogens is 480 g/mol. The Bertz CT molecular complexity index is 1130. The number of hydrogen-bond donors (Lipinski definition) is 1. The molecule has 1 saturated heterocycles. The van der Waals surface area contributed by atoms with Gasteiger partial charge in [-0.3, -0.25) is 19.8 Å². The highest BCUT2D eigenvalue weighted by Crippen LogP contribution is 2.40. The molecule has 0 saturated carbocycles. The van der Waals surface area contributed by atoms with E-state index >= 15 is 0 Å². The van der Waals surface area contributed by atoms with Crippen molar-refractivity contribution in [1.29, 1.82) is 0 Å². The Hall–Kier alpha value is -3.73. The largest absolute Gasteiger partial charge is 0.466 e. The monoisotopic (exact) mass is 514 g/mol. The number of non-ortho nitro benzene ring substituents is 1. The van der Waals surface area contributed by atoms with Gasteiger partial charge in [0.25, 0.3) is 5.69 Å². The average Bonchev–Trinajstić information content (AvgIpc) is 2.86. The molecule has 1 aromatic carbocycles. The van der Waals surface area contributed by atoms with Gasteiger partial charge >= 0.3 is 11.9 Å². The van der Waals surface area contributed by atoms with Gasteiger partial charge in [0.1, 0.15) is 0 Å². The minimum absolute atomic E-state index is 0.119. The van der Waals surface area contributed by atoms with E-state index in [1.807, 2.05) is 13.8 Å². The topological polar surface area (TPSA) is 131 Å². The fourth-order valence-electron chi connectivity index (χ4n) is 4.81. The number of dihydropyridines is 1. The second-order valence-electron chi connectivity index (χ2n) is 10.1. The number of benzene rings is 1. The van der Waals surface area contributed by atoms with Crippen LogP contribution in [0.2, 0.25) is 0 Å². The van der Waals surface area contributed by atoms with E-state index in [0.717, 1.165) is 19.5 Å². The predicted molar refractivity (Wildman–Crippen MR) is 135 cm³/mol. The van der Waals surface area contributed by atoms with Gasteiger partial charge < -0.3 is 19.7 Å². The molecule has 2 heterocycles. The number of nitro benzene ring substituents is 1. The van der Waals surface area contributed by atoms with E-state index in [1.165, 1.54) is 25.3 Å². The van der Waals surface area contributed by atoms with E-state index in [0.29, 0.717) is 36.6 Å². The van der Waals surface area contributed by atoms with Crippen LogP contribution < -0.4 is 5.32 Å². The number of methoxy groups -OCH3 is 1. The Morgan fingerprint density at radius 3 is 2.32 bits per heavy atom. The van der Waals surface area contributed by atoms with Crippen molar-refractivity contribution in [2.45, 2.75) is 33.6 Å². The predicted octanol–water partition coefficient (Wildman–Crippen LogP) is 2.35. The zero-order valence-corrected chi connectivity index (χ0v) is 21.9. The van der Waals surface area contributed by atoms with Crippen LogP contribution in [0.5, 0.6) is 0 Å². The van der Waals surface area contributed by atoms with Crippen LogP contribution in [0, 0.1) is 15.5 Å². The van der Waals surface area contributed by atoms with E-state index in [1.54, 1.807) is 24.8 Å². The normalized spacial score (nSPS) is 18.8. The van der Waals surface area contributed by atoms with Crippen molar-refractivity contribution in [3.05, 3.63) is 62.5 Å². The highest BCUT2D eigenvalue weighted by molar-refractivity contribution is 5.99. The molecule has 11 heteroatoms. The highest BCUT2D eigenvalue weighted by Gasteiger charge is 2.39. The Kier molecular flexibility index (Phi) is 8.69. The van der Waals surface area contributed by atoms with Gasteiger partial charge in [0, 0.05) is 61.7 Å². The maximum absolute atomic E-state index is 13.5. The maximum atomic E-state index is 13.5. The van der Waals surface area contributed by atoms with E-state index in [4.69, 9.17) is 9.47 Å². The first-order valence-corrected chi connectivity index (χ1v) is 12.1. The molecule has 3 rings (SSSR count). The van der Waals surface area contributed by atoms with E-state index in [2.05, 4.69) is 10.2 Å². The molecule has 11 nitrogen and oxygen atoms in total. The number of carbonyl (C=O) groups excluding carboxylic acids is 3. The molecule has 1 atom stereocenters. The summed E-state index contributed by atoms with van der Waals surface area (Å²) in [6.07, 6.45) is 0.856. The van der Waals surface area contributed by atoms with Crippen molar-refractivity contribution in [2.24, 2.45) is 5.41 Å². The summed E-state index contributed by atoms with van der Waals surface area (Å²) in [5.74, 6) is -2.16. The van der Waals surface area contributed by atoms with E-state index in [-0.39, 0.29) is 28.9 Å². The van der Waals surface area contributed by atoms with Crippen LogP contribution in [-0.2, 0) is 23.9 Å². The number of ether oxygens (including phenoxy) is 2. The number of carbonyl (C=O) groups is 3. The molecule has 1 amide bonds. The zero-order valence-electron chi connectivity index (χ0n) is 21.9. The third-order valence-electron chi connectivity index (χ3n) is 6.60. The molecule has 0 spiro atoms. The summed E-state index contributed by atoms with van der Waals surface area (Å²) in [5, 5.41) is 14.5. The van der Waals surface area contributed by atoms with Crippen LogP contribution in [0.15, 0.2) is 46.8 Å². The minimum atomic E-state index is -0.902. The molecule has 2 aliphatic heterocycles. The average molecular weight is 515 g/mol. The third kappa shape index (κ3) is 6.53. The lowest BCUT2D eigenvalue weighted by atomic mass is 9.80. The minimum Gasteiger partial charge on any atom is -0.466 e. The number of piperazine rings is 1. The van der Waals surface area contributed by atoms with Crippen molar-refractivity contribution in [1.82, 2.24) is 15.1 Å². The summed E-state index contributed by atoms with van der Waals surface area (Å²) in [6, 6.07) is 5.87. The first-order chi connectivity index (χ1) is 17.5. The second-order valence-corrected chi connectivity index (χ2v) is 10.1. The molecule has 1 aromatic rings. The first-order valence-electron chi connectivity index (χ1n) is 12.1. The van der Waals surface area contributed by atoms with Crippen molar-refractivity contribution >= 4 is 24.0 Å². The molecule has 1 N–H and O–H groups in total. The Balaban J connectivity index is 1.85. The van der Waals surface area contributed by atoms with Crippen LogP contribution in [0.25, 0.3) is 0 Å². The molecule has 0 radical (unpaired) electrons. The van der Waals surface area contributed by atoms with Crippen molar-refractivity contribution < 1.29 is 28.8 Å². The van der Waals surface area contributed by atoms with Gasteiger partial charge in [-0.1, -0.05) is 26.0 Å². The summed E-state index contributed by atoms with van der Waals surface area (Å²) >= 11 is 0. The van der Waals surface area contributed by atoms with Crippen LogP contribution in [-0.4, -0.2) is 79.5 Å². The van der Waals surface area contributed by atoms with Gasteiger partial charge in [0.05, 0.1) is 35.7 Å². The highest BCUT2D eigenvalue weighted by atomic mass is 16.6. The quantitative estimate of drug-likeness (QED) is 0.228. The maximum Gasteiger partial charge on any atom is 0.336 e. The summed E-state index contributed by atoms with van der Waals surface area (Å²) in [5.41, 5.74) is 1.25. The number of hydrogen-bond acceptors (Lipinski definition) is 9. The molecule has 1 fully saturated rings. The zero-order chi connectivity index (χ0) is 27.3. The Labute approximate surface area is 216 Å². The molecule has 0 aliphatic carbocycles. The lowest BCUT2D eigenvalue weighted by Gasteiger charge is -2.37. The van der Waals surface area contributed by atoms with Gasteiger partial charge in [-0.25, -0.2) is 9.59 Å². The lowest BCUT2D eigenvalue weighted by Crippen LogP contribution is -2.49. The smallest absolute Gasteiger partial charge is 0.336 e. The van der Waals surface area contributed by atoms with Gasteiger partial charge in [0.15, 0.2) is 0 Å². The SMILES string of the molecule is COC(=O)C1=C(C)NC(C)=C(C(=O)OCC(C)(C)CN2CCN(C=O)CC2)C1c1cccc([N+](=O)[O-])c1. The number of esters is 2. The van der Waals surface area contributed by atoms with Crippen molar-refractivity contribution in [2.75, 3.05) is 46.4 Å². The second kappa shape index (κ2) is 11.5. The van der Waals surface area contributed by atoms with Gasteiger partial charge in [0.2, 0.25) is 6.41 Å². The van der Waals surface area contributed by atoms with Crippen molar-refractivity contribution in [3.63, 3.8) is 0 Å². The summed E-state index contributed by atoms with van der Waals surface area (Å²) in [4.78, 5) is 52.1. The molecule has 2 aliphatic rings. The Morgan fingerprint density at radius 1 is 1.14 bits per heavy atom. The fraction of sp³-hybridized carbons (Fsp3) is 0.500. The summed E-state index contributed by atoms with van der Waals surface area (Å²) in [6.45, 7) is 11.0. The van der Waals surface area contributed by atoms with E-state index < -0.39 is 22.8 Å². The molecular formula is C26H34N4O7. The van der Waals surface area contributed by atoms with Gasteiger partial charge in [-0.2, -0.15) is 0 Å². The van der Waals surface area contributed by atoms with E-state index in [9.17, 15) is 24.5 Å². The molecule has 200 valence electrons. The molecule has 0 aromatic heterocycles. The number of nitrogens with one attached hydrogen (secondary N) is 1. The fourth-order valence-corrected chi connectivity index (χ4v) is 4.81. The van der Waals surface area contributed by atoms with Gasteiger partial charge in [-0.15, -0.1) is 0 Å². The molecule has 37 heavy (non-hydrogen) atoms. The molecule has 0 bridgehead atoms. The lowest BCUT2D eigenvalue weighted by molar-refractivity contribution is -0.384. The summed E-state index contributed by atoms with van der Waals surface area (Å²) < 4.78 is 10.8.